The number of ether oxygens (including phenoxy) is 1. The van der Waals surface area contributed by atoms with E-state index in [1.54, 1.807) is 0 Å². The number of rotatable bonds is 1. The van der Waals surface area contributed by atoms with Crippen molar-refractivity contribution in [3.63, 3.8) is 0 Å². The van der Waals surface area contributed by atoms with Crippen LogP contribution in [0, 0.1) is 0 Å². The van der Waals surface area contributed by atoms with Crippen LogP contribution in [0.1, 0.15) is 0 Å². The van der Waals surface area contributed by atoms with E-state index in [9.17, 15) is 0 Å². The molecule has 0 bridgehead atoms. The fourth-order valence-corrected chi connectivity index (χ4v) is 1.60. The van der Waals surface area contributed by atoms with Crippen molar-refractivity contribution in [2.45, 2.75) is 6.04 Å². The van der Waals surface area contributed by atoms with Crippen molar-refractivity contribution >= 4 is 11.4 Å². The Balaban J connectivity index is 2.38. The minimum absolute atomic E-state index is 0.0179. The van der Waals surface area contributed by atoms with Crippen LogP contribution < -0.4 is 15.4 Å². The third-order valence-corrected chi connectivity index (χ3v) is 2.55. The molecule has 14 heavy (non-hydrogen) atoms. The number of nitrogen functional groups attached to an aromatic ring is 1. The van der Waals surface area contributed by atoms with Crippen LogP contribution in [0.3, 0.4) is 0 Å². The molecule has 2 rings (SSSR count). The average Bonchev–Trinajstić information content (AvgIpc) is 2.20. The molecule has 1 heterocycles. The second-order valence-corrected chi connectivity index (χ2v) is 3.49. The van der Waals surface area contributed by atoms with Crippen LogP contribution in [0.15, 0.2) is 18.2 Å². The lowest BCUT2D eigenvalue weighted by Crippen LogP contribution is -2.42. The molecular weight excluding hydrogens is 180 g/mol. The van der Waals surface area contributed by atoms with Gasteiger partial charge in [0.05, 0.1) is 18.3 Å². The summed E-state index contributed by atoms with van der Waals surface area (Å²) >= 11 is 0. The highest BCUT2D eigenvalue weighted by Crippen LogP contribution is 2.34. The van der Waals surface area contributed by atoms with Crippen molar-refractivity contribution in [3.05, 3.63) is 18.2 Å². The second-order valence-electron chi connectivity index (χ2n) is 3.49. The van der Waals surface area contributed by atoms with Gasteiger partial charge in [-0.2, -0.15) is 0 Å². The van der Waals surface area contributed by atoms with Crippen LogP contribution in [0.4, 0.5) is 11.4 Å². The number of nitrogens with zero attached hydrogens (tertiary/aromatic N) is 1. The van der Waals surface area contributed by atoms with Crippen LogP contribution in [0.5, 0.6) is 5.75 Å². The number of anilines is 2. The van der Waals surface area contributed by atoms with Gasteiger partial charge in [-0.25, -0.2) is 0 Å². The van der Waals surface area contributed by atoms with Gasteiger partial charge in [-0.15, -0.1) is 0 Å². The van der Waals surface area contributed by atoms with Gasteiger partial charge in [0.1, 0.15) is 12.4 Å². The zero-order chi connectivity index (χ0) is 10.1. The molecule has 4 heteroatoms. The van der Waals surface area contributed by atoms with E-state index in [0.717, 1.165) is 11.4 Å². The maximum Gasteiger partial charge on any atom is 0.142 e. The maximum absolute atomic E-state index is 9.10. The molecule has 1 unspecified atom stereocenters. The summed E-state index contributed by atoms with van der Waals surface area (Å²) in [6.07, 6.45) is 0. The van der Waals surface area contributed by atoms with Crippen LogP contribution in [-0.2, 0) is 0 Å². The number of hydrogen-bond donors (Lipinski definition) is 2. The summed E-state index contributed by atoms with van der Waals surface area (Å²) in [6.45, 7) is 0.606. The molecule has 0 amide bonds. The van der Waals surface area contributed by atoms with Crippen LogP contribution >= 0.6 is 0 Å². The van der Waals surface area contributed by atoms with Crippen LogP contribution in [0.25, 0.3) is 0 Å². The van der Waals surface area contributed by atoms with E-state index in [1.807, 2.05) is 30.1 Å². The van der Waals surface area contributed by atoms with Crippen molar-refractivity contribution < 1.29 is 9.84 Å². The molecular formula is C10H14N2O2. The first-order valence-electron chi connectivity index (χ1n) is 4.58. The van der Waals surface area contributed by atoms with E-state index in [1.165, 1.54) is 0 Å². The fraction of sp³-hybridized carbons (Fsp3) is 0.400. The third kappa shape index (κ3) is 1.37. The van der Waals surface area contributed by atoms with Gasteiger partial charge in [-0.3, -0.25) is 0 Å². The van der Waals surface area contributed by atoms with Crippen molar-refractivity contribution in [2.24, 2.45) is 0 Å². The number of aliphatic hydroxyl groups is 1. The summed E-state index contributed by atoms with van der Waals surface area (Å²) < 4.78 is 5.50. The van der Waals surface area contributed by atoms with Crippen molar-refractivity contribution in [2.75, 3.05) is 30.9 Å². The molecule has 0 radical (unpaired) electrons. The number of fused-ring (bicyclic) bond motifs is 1. The predicted molar refractivity (Wildman–Crippen MR) is 55.6 cm³/mol. The minimum atomic E-state index is 0.0179. The lowest BCUT2D eigenvalue weighted by molar-refractivity contribution is 0.191. The first kappa shape index (κ1) is 9.15. The lowest BCUT2D eigenvalue weighted by Gasteiger charge is -2.34. The Labute approximate surface area is 82.9 Å². The number of nitrogens with two attached hydrogens (primary N) is 1. The van der Waals surface area contributed by atoms with Gasteiger partial charge in [0.25, 0.3) is 0 Å². The molecule has 0 spiro atoms. The molecule has 4 nitrogen and oxygen atoms in total. The summed E-state index contributed by atoms with van der Waals surface area (Å²) in [5.41, 5.74) is 7.33. The molecule has 1 aromatic rings. The zero-order valence-electron chi connectivity index (χ0n) is 8.10. The highest BCUT2D eigenvalue weighted by atomic mass is 16.5. The van der Waals surface area contributed by atoms with Gasteiger partial charge in [-0.1, -0.05) is 0 Å². The molecule has 0 saturated heterocycles. The minimum Gasteiger partial charge on any atom is -0.489 e. The Hall–Kier alpha value is -1.42. The predicted octanol–water partition coefficient (Wildman–Crippen LogP) is 0.458. The van der Waals surface area contributed by atoms with Gasteiger partial charge in [-0.05, 0) is 18.2 Å². The molecule has 0 saturated carbocycles. The van der Waals surface area contributed by atoms with E-state index in [-0.39, 0.29) is 12.6 Å². The SMILES string of the molecule is CN1c2cc(N)ccc2OCC1CO. The monoisotopic (exact) mass is 194 g/mol. The third-order valence-electron chi connectivity index (χ3n) is 2.55. The van der Waals surface area contributed by atoms with E-state index < -0.39 is 0 Å². The van der Waals surface area contributed by atoms with Crippen molar-refractivity contribution in [1.29, 1.82) is 0 Å². The molecule has 1 aliphatic heterocycles. The van der Waals surface area contributed by atoms with Gasteiger partial charge in [0, 0.05) is 12.7 Å². The molecule has 1 atom stereocenters. The number of hydrogen-bond acceptors (Lipinski definition) is 4. The summed E-state index contributed by atoms with van der Waals surface area (Å²) in [6, 6.07) is 5.54. The molecule has 76 valence electrons. The average molecular weight is 194 g/mol. The largest absolute Gasteiger partial charge is 0.489 e. The van der Waals surface area contributed by atoms with Gasteiger partial charge in [0.2, 0.25) is 0 Å². The second kappa shape index (κ2) is 3.38. The Morgan fingerprint density at radius 2 is 2.43 bits per heavy atom. The number of aliphatic hydroxyl groups excluding tert-OH is 1. The topological polar surface area (TPSA) is 58.7 Å². The molecule has 1 aliphatic rings. The van der Waals surface area contributed by atoms with Crippen LogP contribution in [-0.4, -0.2) is 31.4 Å². The summed E-state index contributed by atoms with van der Waals surface area (Å²) in [5.74, 6) is 0.825. The van der Waals surface area contributed by atoms with E-state index in [0.29, 0.717) is 12.3 Å². The van der Waals surface area contributed by atoms with Gasteiger partial charge >= 0.3 is 0 Å². The van der Waals surface area contributed by atoms with E-state index in [4.69, 9.17) is 15.6 Å². The van der Waals surface area contributed by atoms with Crippen molar-refractivity contribution in [3.8, 4) is 5.75 Å². The zero-order valence-corrected chi connectivity index (χ0v) is 8.10. The summed E-state index contributed by atoms with van der Waals surface area (Å²) in [5, 5.41) is 9.10. The smallest absolute Gasteiger partial charge is 0.142 e. The quantitative estimate of drug-likeness (QED) is 0.638. The van der Waals surface area contributed by atoms with Gasteiger partial charge < -0.3 is 20.5 Å². The lowest BCUT2D eigenvalue weighted by atomic mass is 10.1. The number of likely N-dealkylation sites (N-methyl/N-ethyl adjacent to an activating group) is 1. The van der Waals surface area contributed by atoms with Crippen LogP contribution in [0.2, 0.25) is 0 Å². The standard InChI is InChI=1S/C10H14N2O2/c1-12-8(5-13)6-14-10-3-2-7(11)4-9(10)12/h2-4,8,13H,5-6,11H2,1H3. The Morgan fingerprint density at radius 3 is 3.14 bits per heavy atom. The van der Waals surface area contributed by atoms with E-state index >= 15 is 0 Å². The summed E-state index contributed by atoms with van der Waals surface area (Å²) in [4.78, 5) is 2.00. The first-order chi connectivity index (χ1) is 6.72. The molecule has 0 fully saturated rings. The first-order valence-corrected chi connectivity index (χ1v) is 4.58. The number of benzene rings is 1. The van der Waals surface area contributed by atoms with E-state index in [2.05, 4.69) is 0 Å². The Bertz CT molecular complexity index is 341. The summed E-state index contributed by atoms with van der Waals surface area (Å²) in [7, 11) is 1.93. The Morgan fingerprint density at radius 1 is 1.64 bits per heavy atom. The highest BCUT2D eigenvalue weighted by Gasteiger charge is 2.23. The molecule has 3 N–H and O–H groups in total. The molecule has 0 aromatic heterocycles. The molecule has 0 aliphatic carbocycles. The normalized spacial score (nSPS) is 20.1. The maximum atomic E-state index is 9.10. The Kier molecular flexibility index (Phi) is 2.21. The van der Waals surface area contributed by atoms with Gasteiger partial charge in [0.15, 0.2) is 0 Å². The highest BCUT2D eigenvalue weighted by molar-refractivity contribution is 5.66. The molecule has 1 aromatic carbocycles. The van der Waals surface area contributed by atoms with Crippen molar-refractivity contribution in [1.82, 2.24) is 0 Å². The fourth-order valence-electron chi connectivity index (χ4n) is 1.60.